The van der Waals surface area contributed by atoms with E-state index in [2.05, 4.69) is 25.5 Å². The number of rotatable bonds is 5. The van der Waals surface area contributed by atoms with E-state index in [1.165, 1.54) is 22.7 Å². The first kappa shape index (κ1) is 19.1. The standard InChI is InChI=1S/C17H20N6O3S2/c1-8-11-13(24)18-10(7-23(2)3)19-16(11)27-12(8)14(25)20-17-22-21-15(28-17)9-5-4-6-26-9/h9H,4-7H2,1-3H3,(H,18,19,24)(H,20,22,25). The molecule has 0 radical (unpaired) electrons. The van der Waals surface area contributed by atoms with Crippen LogP contribution < -0.4 is 10.9 Å². The molecule has 0 aromatic carbocycles. The smallest absolute Gasteiger partial charge is 0.267 e. The summed E-state index contributed by atoms with van der Waals surface area (Å²) in [6.45, 7) is 3.00. The van der Waals surface area contributed by atoms with Crippen LogP contribution in [0.25, 0.3) is 10.2 Å². The first-order chi connectivity index (χ1) is 13.4. The third kappa shape index (κ3) is 3.70. The van der Waals surface area contributed by atoms with Crippen LogP contribution in [0.4, 0.5) is 5.13 Å². The van der Waals surface area contributed by atoms with Gasteiger partial charge in [0.15, 0.2) is 0 Å². The van der Waals surface area contributed by atoms with Gasteiger partial charge in [0.05, 0.1) is 16.8 Å². The van der Waals surface area contributed by atoms with E-state index >= 15 is 0 Å². The Balaban J connectivity index is 1.59. The van der Waals surface area contributed by atoms with Crippen molar-refractivity contribution in [1.29, 1.82) is 0 Å². The van der Waals surface area contributed by atoms with Crippen molar-refractivity contribution in [2.75, 3.05) is 26.0 Å². The molecule has 0 saturated carbocycles. The molecular formula is C17H20N6O3S2. The largest absolute Gasteiger partial charge is 0.371 e. The summed E-state index contributed by atoms with van der Waals surface area (Å²) in [6, 6.07) is 0. The van der Waals surface area contributed by atoms with Crippen molar-refractivity contribution in [2.45, 2.75) is 32.4 Å². The monoisotopic (exact) mass is 420 g/mol. The van der Waals surface area contributed by atoms with Crippen molar-refractivity contribution >= 4 is 43.9 Å². The van der Waals surface area contributed by atoms with Gasteiger partial charge in [0, 0.05) is 6.61 Å². The van der Waals surface area contributed by atoms with Gasteiger partial charge in [0.1, 0.15) is 21.8 Å². The predicted molar refractivity (Wildman–Crippen MR) is 108 cm³/mol. The molecule has 1 unspecified atom stereocenters. The molecule has 1 aliphatic rings. The number of hydrogen-bond donors (Lipinski definition) is 2. The molecule has 148 valence electrons. The maximum atomic E-state index is 12.8. The summed E-state index contributed by atoms with van der Waals surface area (Å²) in [5.74, 6) is 0.255. The fourth-order valence-corrected chi connectivity index (χ4v) is 5.04. The van der Waals surface area contributed by atoms with Crippen molar-refractivity contribution < 1.29 is 9.53 Å². The molecule has 0 bridgehead atoms. The van der Waals surface area contributed by atoms with Gasteiger partial charge in [-0.2, -0.15) is 0 Å². The molecule has 1 saturated heterocycles. The summed E-state index contributed by atoms with van der Waals surface area (Å²) in [5, 5.41) is 12.6. The number of amides is 1. The van der Waals surface area contributed by atoms with E-state index in [0.717, 1.165) is 24.5 Å². The first-order valence-electron chi connectivity index (χ1n) is 8.85. The third-order valence-corrected chi connectivity index (χ3v) is 6.50. The quantitative estimate of drug-likeness (QED) is 0.651. The Labute approximate surface area is 168 Å². The lowest BCUT2D eigenvalue weighted by Gasteiger charge is -2.07. The molecule has 1 atom stereocenters. The van der Waals surface area contributed by atoms with Crippen LogP contribution in [0, 0.1) is 6.92 Å². The first-order valence-corrected chi connectivity index (χ1v) is 10.5. The number of anilines is 1. The van der Waals surface area contributed by atoms with E-state index in [1.54, 1.807) is 6.92 Å². The highest BCUT2D eigenvalue weighted by molar-refractivity contribution is 7.21. The van der Waals surface area contributed by atoms with Crippen LogP contribution in [0.1, 0.15) is 45.0 Å². The summed E-state index contributed by atoms with van der Waals surface area (Å²) in [7, 11) is 3.80. The van der Waals surface area contributed by atoms with E-state index in [4.69, 9.17) is 4.74 Å². The minimum absolute atomic E-state index is 0.0351. The fraction of sp³-hybridized carbons (Fsp3) is 0.471. The van der Waals surface area contributed by atoms with Gasteiger partial charge in [-0.1, -0.05) is 11.3 Å². The highest BCUT2D eigenvalue weighted by Crippen LogP contribution is 2.33. The number of H-pyrrole nitrogens is 1. The number of nitrogens with one attached hydrogen (secondary N) is 2. The molecule has 2 N–H and O–H groups in total. The number of ether oxygens (including phenoxy) is 1. The predicted octanol–water partition coefficient (Wildman–Crippen LogP) is 2.31. The van der Waals surface area contributed by atoms with Crippen LogP contribution in [0.5, 0.6) is 0 Å². The zero-order valence-corrected chi connectivity index (χ0v) is 17.4. The Morgan fingerprint density at radius 1 is 1.36 bits per heavy atom. The maximum absolute atomic E-state index is 12.8. The van der Waals surface area contributed by atoms with Crippen LogP contribution in [-0.2, 0) is 11.3 Å². The van der Waals surface area contributed by atoms with Crippen LogP contribution in [-0.4, -0.2) is 51.7 Å². The van der Waals surface area contributed by atoms with Crippen molar-refractivity contribution in [3.05, 3.63) is 31.6 Å². The molecule has 1 aliphatic heterocycles. The molecule has 9 nitrogen and oxygen atoms in total. The number of carbonyl (C=O) groups is 1. The lowest BCUT2D eigenvalue weighted by molar-refractivity contribution is 0.103. The molecule has 4 heterocycles. The summed E-state index contributed by atoms with van der Waals surface area (Å²) in [6.07, 6.45) is 1.89. The average molecular weight is 421 g/mol. The topological polar surface area (TPSA) is 113 Å². The second-order valence-electron chi connectivity index (χ2n) is 6.89. The van der Waals surface area contributed by atoms with Crippen molar-refractivity contribution in [1.82, 2.24) is 25.1 Å². The van der Waals surface area contributed by atoms with Gasteiger partial charge >= 0.3 is 0 Å². The fourth-order valence-electron chi connectivity index (χ4n) is 3.12. The van der Waals surface area contributed by atoms with Gasteiger partial charge in [0.25, 0.3) is 11.5 Å². The third-order valence-electron chi connectivity index (χ3n) is 4.39. The molecular weight excluding hydrogens is 400 g/mol. The molecule has 3 aromatic heterocycles. The molecule has 11 heteroatoms. The van der Waals surface area contributed by atoms with Crippen molar-refractivity contribution in [3.8, 4) is 0 Å². The SMILES string of the molecule is Cc1c(C(=O)Nc2nnc(C3CCCO3)s2)sc2nc(CN(C)C)[nH]c(=O)c12. The van der Waals surface area contributed by atoms with Crippen LogP contribution in [0.2, 0.25) is 0 Å². The number of aromatic amines is 1. The highest BCUT2D eigenvalue weighted by Gasteiger charge is 2.24. The summed E-state index contributed by atoms with van der Waals surface area (Å²) >= 11 is 2.52. The van der Waals surface area contributed by atoms with Crippen molar-refractivity contribution in [2.24, 2.45) is 0 Å². The Hall–Kier alpha value is -2.21. The molecule has 1 amide bonds. The number of hydrogen-bond acceptors (Lipinski definition) is 9. The second kappa shape index (κ2) is 7.66. The Bertz CT molecular complexity index is 1080. The summed E-state index contributed by atoms with van der Waals surface area (Å²) < 4.78 is 5.60. The average Bonchev–Trinajstić information content (AvgIpc) is 3.34. The number of aryl methyl sites for hydroxylation is 1. The van der Waals surface area contributed by atoms with E-state index < -0.39 is 0 Å². The van der Waals surface area contributed by atoms with Gasteiger partial charge in [0.2, 0.25) is 5.13 Å². The molecule has 3 aromatic rings. The lowest BCUT2D eigenvalue weighted by Crippen LogP contribution is -2.18. The summed E-state index contributed by atoms with van der Waals surface area (Å²) in [4.78, 5) is 35.5. The molecule has 4 rings (SSSR count). The van der Waals surface area contributed by atoms with Gasteiger partial charge in [-0.15, -0.1) is 21.5 Å². The van der Waals surface area contributed by atoms with E-state index in [1.807, 2.05) is 19.0 Å². The van der Waals surface area contributed by atoms with Gasteiger partial charge in [-0.25, -0.2) is 4.98 Å². The number of fused-ring (bicyclic) bond motifs is 1. The minimum Gasteiger partial charge on any atom is -0.371 e. The van der Waals surface area contributed by atoms with Crippen LogP contribution in [0.3, 0.4) is 0 Å². The number of thiophene rings is 1. The van der Waals surface area contributed by atoms with Crippen LogP contribution >= 0.6 is 22.7 Å². The number of aromatic nitrogens is 4. The van der Waals surface area contributed by atoms with Gasteiger partial charge in [-0.05, 0) is 39.4 Å². The molecule has 1 fully saturated rings. The van der Waals surface area contributed by atoms with E-state index in [0.29, 0.717) is 38.2 Å². The maximum Gasteiger partial charge on any atom is 0.267 e. The second-order valence-corrected chi connectivity index (χ2v) is 8.90. The normalized spacial score (nSPS) is 16.9. The molecule has 0 aliphatic carbocycles. The Kier molecular flexibility index (Phi) is 5.23. The molecule has 28 heavy (non-hydrogen) atoms. The molecule has 0 spiro atoms. The number of nitrogens with zero attached hydrogens (tertiary/aromatic N) is 4. The lowest BCUT2D eigenvalue weighted by atomic mass is 10.2. The zero-order chi connectivity index (χ0) is 19.8. The van der Waals surface area contributed by atoms with Gasteiger partial charge < -0.3 is 14.6 Å². The zero-order valence-electron chi connectivity index (χ0n) is 15.7. The minimum atomic E-state index is -0.316. The number of carbonyl (C=O) groups excluding carboxylic acids is 1. The van der Waals surface area contributed by atoms with E-state index in [-0.39, 0.29) is 17.6 Å². The van der Waals surface area contributed by atoms with Crippen LogP contribution in [0.15, 0.2) is 4.79 Å². The summed E-state index contributed by atoms with van der Waals surface area (Å²) in [5.41, 5.74) is 0.387. The van der Waals surface area contributed by atoms with E-state index in [9.17, 15) is 9.59 Å². The Morgan fingerprint density at radius 3 is 2.89 bits per heavy atom. The highest BCUT2D eigenvalue weighted by atomic mass is 32.1. The Morgan fingerprint density at radius 2 is 2.18 bits per heavy atom. The van der Waals surface area contributed by atoms with Gasteiger partial charge in [-0.3, -0.25) is 14.9 Å². The van der Waals surface area contributed by atoms with Crippen molar-refractivity contribution in [3.63, 3.8) is 0 Å².